The van der Waals surface area contributed by atoms with Gasteiger partial charge in [0.05, 0.1) is 17.5 Å². The summed E-state index contributed by atoms with van der Waals surface area (Å²) in [7, 11) is -3.97. The van der Waals surface area contributed by atoms with Crippen molar-refractivity contribution in [2.24, 2.45) is 0 Å². The number of nitrogens with one attached hydrogen (secondary N) is 2. The quantitative estimate of drug-likeness (QED) is 0.257. The highest BCUT2D eigenvalue weighted by Gasteiger charge is 2.24. The van der Waals surface area contributed by atoms with Crippen molar-refractivity contribution in [3.8, 4) is 5.75 Å². The number of carboxylic acids is 1. The van der Waals surface area contributed by atoms with Crippen LogP contribution in [0.15, 0.2) is 53.7 Å². The molecule has 1 atom stereocenters. The normalized spacial score (nSPS) is 11.8. The van der Waals surface area contributed by atoms with E-state index in [0.717, 1.165) is 12.8 Å². The standard InChI is InChI=1S/C21H26ClN3O6S.ClH/c22-16-8-10-18(11-9-16)32(29,30)25-20(31-17-6-5-12-23-15-17)14-19(26)24-13-4-2-1-3-7-21(27)28;/h5-6,8-12,15,20,25H,1-4,7,13-14H2,(H,24,26)(H,27,28);1H. The van der Waals surface area contributed by atoms with Gasteiger partial charge in [-0.2, -0.15) is 4.72 Å². The summed E-state index contributed by atoms with van der Waals surface area (Å²) < 4.78 is 33.5. The summed E-state index contributed by atoms with van der Waals surface area (Å²) in [5.74, 6) is -0.898. The highest BCUT2D eigenvalue weighted by Crippen LogP contribution is 2.16. The Morgan fingerprint density at radius 1 is 1.09 bits per heavy atom. The summed E-state index contributed by atoms with van der Waals surface area (Å²) >= 11 is 5.82. The minimum absolute atomic E-state index is 0. The molecule has 1 amide bonds. The minimum Gasteiger partial charge on any atom is -0.481 e. The van der Waals surface area contributed by atoms with Gasteiger partial charge < -0.3 is 15.2 Å². The first kappa shape index (κ1) is 28.6. The molecule has 0 aliphatic carbocycles. The molecule has 0 saturated heterocycles. The van der Waals surface area contributed by atoms with Crippen LogP contribution in [0.3, 0.4) is 0 Å². The number of benzene rings is 1. The Kier molecular flexibility index (Phi) is 12.7. The number of amides is 1. The number of halogens is 2. The number of carbonyl (C=O) groups is 2. The summed E-state index contributed by atoms with van der Waals surface area (Å²) in [5.41, 5.74) is 0. The molecule has 0 saturated carbocycles. The number of ether oxygens (including phenoxy) is 1. The maximum absolute atomic E-state index is 12.7. The largest absolute Gasteiger partial charge is 0.481 e. The maximum atomic E-state index is 12.7. The molecule has 1 aromatic carbocycles. The fourth-order valence-corrected chi connectivity index (χ4v) is 4.00. The third-order valence-electron chi connectivity index (χ3n) is 4.33. The van der Waals surface area contributed by atoms with Gasteiger partial charge in [-0.3, -0.25) is 14.6 Å². The topological polar surface area (TPSA) is 135 Å². The first-order valence-electron chi connectivity index (χ1n) is 10.1. The number of pyridine rings is 1. The van der Waals surface area contributed by atoms with Gasteiger partial charge in [-0.05, 0) is 49.2 Å². The van der Waals surface area contributed by atoms with E-state index in [1.807, 2.05) is 0 Å². The molecule has 0 radical (unpaired) electrons. The number of nitrogens with zero attached hydrogens (tertiary/aromatic N) is 1. The van der Waals surface area contributed by atoms with Gasteiger partial charge in [0, 0.05) is 24.2 Å². The SMILES string of the molecule is Cl.O=C(O)CCCCCCNC(=O)CC(NS(=O)(=O)c1ccc(Cl)cc1)Oc1cccnc1. The number of unbranched alkanes of at least 4 members (excludes halogenated alkanes) is 3. The number of carbonyl (C=O) groups excluding carboxylic acids is 1. The molecular weight excluding hydrogens is 493 g/mol. The number of rotatable bonds is 14. The molecular formula is C21H27Cl2N3O6S. The van der Waals surface area contributed by atoms with Crippen molar-refractivity contribution < 1.29 is 27.9 Å². The Morgan fingerprint density at radius 3 is 2.42 bits per heavy atom. The van der Waals surface area contributed by atoms with Gasteiger partial charge >= 0.3 is 5.97 Å². The Balaban J connectivity index is 0.00000544. The molecule has 2 aromatic rings. The lowest BCUT2D eigenvalue weighted by Gasteiger charge is -2.20. The summed E-state index contributed by atoms with van der Waals surface area (Å²) in [5, 5.41) is 11.7. The molecule has 182 valence electrons. The minimum atomic E-state index is -3.97. The number of hydrogen-bond acceptors (Lipinski definition) is 6. The molecule has 1 heterocycles. The molecule has 12 heteroatoms. The second kappa shape index (κ2) is 14.7. The lowest BCUT2D eigenvalue weighted by molar-refractivity contribution is -0.137. The van der Waals surface area contributed by atoms with Gasteiger partial charge in [-0.1, -0.05) is 24.4 Å². The molecule has 0 aliphatic rings. The van der Waals surface area contributed by atoms with Crippen LogP contribution in [-0.2, 0) is 19.6 Å². The van der Waals surface area contributed by atoms with Crippen molar-refractivity contribution in [3.63, 3.8) is 0 Å². The van der Waals surface area contributed by atoms with Crippen LogP contribution in [0.5, 0.6) is 5.75 Å². The second-order valence-electron chi connectivity index (χ2n) is 6.98. The Labute approximate surface area is 204 Å². The van der Waals surface area contributed by atoms with Gasteiger partial charge in [0.2, 0.25) is 15.9 Å². The number of aromatic nitrogens is 1. The van der Waals surface area contributed by atoms with Crippen molar-refractivity contribution in [1.29, 1.82) is 0 Å². The van der Waals surface area contributed by atoms with E-state index in [-0.39, 0.29) is 36.1 Å². The zero-order valence-corrected chi connectivity index (χ0v) is 20.2. The van der Waals surface area contributed by atoms with E-state index in [2.05, 4.69) is 15.0 Å². The third kappa shape index (κ3) is 11.3. The van der Waals surface area contributed by atoms with Crippen LogP contribution in [0.1, 0.15) is 38.5 Å². The van der Waals surface area contributed by atoms with Gasteiger partial charge in [-0.25, -0.2) is 8.42 Å². The van der Waals surface area contributed by atoms with E-state index in [9.17, 15) is 18.0 Å². The average molecular weight is 520 g/mol. The van der Waals surface area contributed by atoms with Crippen LogP contribution in [0, 0.1) is 0 Å². The van der Waals surface area contributed by atoms with Crippen LogP contribution >= 0.6 is 24.0 Å². The summed E-state index contributed by atoms with van der Waals surface area (Å²) in [4.78, 5) is 26.8. The molecule has 0 spiro atoms. The maximum Gasteiger partial charge on any atom is 0.303 e. The van der Waals surface area contributed by atoms with E-state index >= 15 is 0 Å². The number of hydrogen-bond donors (Lipinski definition) is 3. The van der Waals surface area contributed by atoms with Crippen LogP contribution < -0.4 is 14.8 Å². The fraction of sp³-hybridized carbons (Fsp3) is 0.381. The smallest absolute Gasteiger partial charge is 0.303 e. The number of sulfonamides is 1. The summed E-state index contributed by atoms with van der Waals surface area (Å²) in [6.45, 7) is 0.398. The van der Waals surface area contributed by atoms with Gasteiger partial charge in [0.15, 0.2) is 6.23 Å². The lowest BCUT2D eigenvalue weighted by atomic mass is 10.1. The fourth-order valence-electron chi connectivity index (χ4n) is 2.77. The van der Waals surface area contributed by atoms with Crippen molar-refractivity contribution >= 4 is 45.9 Å². The Morgan fingerprint density at radius 2 is 1.79 bits per heavy atom. The molecule has 2 rings (SSSR count). The Bertz CT molecular complexity index is 975. The molecule has 0 bridgehead atoms. The van der Waals surface area contributed by atoms with Gasteiger partial charge in [0.1, 0.15) is 5.75 Å². The van der Waals surface area contributed by atoms with E-state index in [1.54, 1.807) is 18.3 Å². The molecule has 0 fully saturated rings. The third-order valence-corrected chi connectivity index (χ3v) is 6.05. The van der Waals surface area contributed by atoms with E-state index in [4.69, 9.17) is 21.4 Å². The highest BCUT2D eigenvalue weighted by atomic mass is 35.5. The first-order valence-corrected chi connectivity index (χ1v) is 12.0. The predicted molar refractivity (Wildman–Crippen MR) is 126 cm³/mol. The van der Waals surface area contributed by atoms with Crippen LogP contribution in [0.25, 0.3) is 0 Å². The van der Waals surface area contributed by atoms with E-state index in [1.165, 1.54) is 30.5 Å². The van der Waals surface area contributed by atoms with Crippen LogP contribution in [0.2, 0.25) is 5.02 Å². The monoisotopic (exact) mass is 519 g/mol. The molecule has 9 nitrogen and oxygen atoms in total. The van der Waals surface area contributed by atoms with Crippen molar-refractivity contribution in [1.82, 2.24) is 15.0 Å². The van der Waals surface area contributed by atoms with Crippen molar-refractivity contribution in [2.75, 3.05) is 6.54 Å². The van der Waals surface area contributed by atoms with Crippen LogP contribution in [0.4, 0.5) is 0 Å². The average Bonchev–Trinajstić information content (AvgIpc) is 2.73. The molecule has 33 heavy (non-hydrogen) atoms. The van der Waals surface area contributed by atoms with Gasteiger partial charge in [-0.15, -0.1) is 12.4 Å². The van der Waals surface area contributed by atoms with Crippen molar-refractivity contribution in [2.45, 2.75) is 49.6 Å². The zero-order valence-electron chi connectivity index (χ0n) is 17.8. The van der Waals surface area contributed by atoms with Crippen molar-refractivity contribution in [3.05, 3.63) is 53.8 Å². The summed E-state index contributed by atoms with van der Waals surface area (Å²) in [6, 6.07) is 8.86. The zero-order chi connectivity index (χ0) is 23.4. The predicted octanol–water partition coefficient (Wildman–Crippen LogP) is 3.38. The first-order chi connectivity index (χ1) is 15.3. The summed E-state index contributed by atoms with van der Waals surface area (Å²) in [6.07, 6.45) is 4.51. The molecule has 0 aliphatic heterocycles. The molecule has 1 aromatic heterocycles. The number of aliphatic carboxylic acids is 1. The van der Waals surface area contributed by atoms with Crippen LogP contribution in [-0.4, -0.2) is 43.2 Å². The van der Waals surface area contributed by atoms with E-state index in [0.29, 0.717) is 30.2 Å². The van der Waals surface area contributed by atoms with E-state index < -0.39 is 22.2 Å². The molecule has 3 N–H and O–H groups in total. The molecule has 1 unspecified atom stereocenters. The Hall–Kier alpha value is -2.40. The van der Waals surface area contributed by atoms with Gasteiger partial charge in [0.25, 0.3) is 0 Å². The number of carboxylic acid groups (broad SMARTS) is 1. The highest BCUT2D eigenvalue weighted by molar-refractivity contribution is 7.89. The lowest BCUT2D eigenvalue weighted by Crippen LogP contribution is -2.42. The second-order valence-corrected chi connectivity index (χ2v) is 9.13.